The van der Waals surface area contributed by atoms with E-state index in [-0.39, 0.29) is 11.2 Å². The number of nitrogens with two attached hydrogens (primary N) is 1. The highest BCUT2D eigenvalue weighted by atomic mass is 79.9. The van der Waals surface area contributed by atoms with Gasteiger partial charge in [-0.3, -0.25) is 0 Å². The quantitative estimate of drug-likeness (QED) is 0.889. The molecule has 0 amide bonds. The fourth-order valence-corrected chi connectivity index (χ4v) is 4.19. The molecule has 0 bridgehead atoms. The van der Waals surface area contributed by atoms with Gasteiger partial charge in [-0.15, -0.1) is 0 Å². The van der Waals surface area contributed by atoms with E-state index in [2.05, 4.69) is 22.9 Å². The number of halogens is 1. The van der Waals surface area contributed by atoms with Gasteiger partial charge in [0.2, 0.25) is 0 Å². The highest BCUT2D eigenvalue weighted by Crippen LogP contribution is 2.50. The Balaban J connectivity index is 2.66. The molecule has 0 radical (unpaired) electrons. The fraction of sp³-hybridized carbons (Fsp3) is 0.600. The molecule has 1 fully saturated rings. The summed E-state index contributed by atoms with van der Waals surface area (Å²) in [6.45, 7) is 2.67. The maximum absolute atomic E-state index is 10.5. The Labute approximate surface area is 123 Å². The minimum absolute atomic E-state index is 0.110. The van der Waals surface area contributed by atoms with Gasteiger partial charge in [0.25, 0.3) is 0 Å². The van der Waals surface area contributed by atoms with Crippen LogP contribution in [0.1, 0.15) is 43.7 Å². The molecule has 0 heterocycles. The number of aryl methyl sites for hydroxylation is 1. The van der Waals surface area contributed by atoms with Gasteiger partial charge in [0.15, 0.2) is 11.5 Å². The zero-order valence-electron chi connectivity index (χ0n) is 11.6. The van der Waals surface area contributed by atoms with Gasteiger partial charge < -0.3 is 15.6 Å². The van der Waals surface area contributed by atoms with Crippen LogP contribution in [0.4, 0.5) is 0 Å². The minimum atomic E-state index is -0.110. The summed E-state index contributed by atoms with van der Waals surface area (Å²) in [4.78, 5) is 0. The molecule has 0 aliphatic heterocycles. The molecule has 3 N–H and O–H groups in total. The molecule has 0 saturated heterocycles. The molecule has 1 aromatic carbocycles. The Morgan fingerprint density at radius 1 is 1.42 bits per heavy atom. The zero-order valence-corrected chi connectivity index (χ0v) is 13.2. The van der Waals surface area contributed by atoms with E-state index in [1.165, 1.54) is 12.8 Å². The highest BCUT2D eigenvalue weighted by Gasteiger charge is 2.39. The Hall–Kier alpha value is -0.740. The van der Waals surface area contributed by atoms with E-state index >= 15 is 0 Å². The predicted octanol–water partition coefficient (Wildman–Crippen LogP) is 3.50. The summed E-state index contributed by atoms with van der Waals surface area (Å²) in [5, 5.41) is 10.5. The van der Waals surface area contributed by atoms with Crippen LogP contribution in [0.25, 0.3) is 0 Å². The van der Waals surface area contributed by atoms with Crippen LogP contribution in [0, 0.1) is 0 Å². The molecule has 19 heavy (non-hydrogen) atoms. The Kier molecular flexibility index (Phi) is 4.41. The number of aromatic hydroxyl groups is 1. The van der Waals surface area contributed by atoms with Gasteiger partial charge in [-0.2, -0.15) is 0 Å². The number of ether oxygens (including phenoxy) is 1. The first-order chi connectivity index (χ1) is 9.09. The molecule has 3 nitrogen and oxygen atoms in total. The number of phenolic OH excluding ortho intramolecular Hbond substituents is 1. The van der Waals surface area contributed by atoms with Gasteiger partial charge in [0, 0.05) is 22.0 Å². The predicted molar refractivity (Wildman–Crippen MR) is 80.9 cm³/mol. The maximum Gasteiger partial charge on any atom is 0.162 e. The Morgan fingerprint density at radius 3 is 2.53 bits per heavy atom. The second kappa shape index (κ2) is 5.71. The average molecular weight is 328 g/mol. The topological polar surface area (TPSA) is 55.5 Å². The summed E-state index contributed by atoms with van der Waals surface area (Å²) in [6.07, 6.45) is 5.30. The molecular formula is C15H22BrNO2. The molecule has 106 valence electrons. The van der Waals surface area contributed by atoms with Crippen LogP contribution in [0.3, 0.4) is 0 Å². The normalized spacial score (nSPS) is 17.7. The summed E-state index contributed by atoms with van der Waals surface area (Å²) in [6, 6.07) is 1.90. The molecule has 1 aromatic rings. The fourth-order valence-electron chi connectivity index (χ4n) is 3.18. The minimum Gasteiger partial charge on any atom is -0.504 e. The van der Waals surface area contributed by atoms with Crippen molar-refractivity contribution in [3.8, 4) is 11.5 Å². The second-order valence-corrected chi connectivity index (χ2v) is 6.11. The van der Waals surface area contributed by atoms with Gasteiger partial charge in [-0.1, -0.05) is 35.7 Å². The molecular weight excluding hydrogens is 306 g/mol. The lowest BCUT2D eigenvalue weighted by Crippen LogP contribution is -2.32. The highest BCUT2D eigenvalue weighted by molar-refractivity contribution is 9.10. The van der Waals surface area contributed by atoms with Crippen molar-refractivity contribution in [2.45, 2.75) is 44.4 Å². The molecule has 0 aromatic heterocycles. The first kappa shape index (κ1) is 14.7. The lowest BCUT2D eigenvalue weighted by molar-refractivity contribution is 0.353. The third kappa shape index (κ3) is 2.36. The van der Waals surface area contributed by atoms with E-state index in [0.29, 0.717) is 12.3 Å². The number of rotatable bonds is 4. The van der Waals surface area contributed by atoms with Gasteiger partial charge >= 0.3 is 0 Å². The lowest BCUT2D eigenvalue weighted by atomic mass is 9.77. The maximum atomic E-state index is 10.5. The monoisotopic (exact) mass is 327 g/mol. The molecule has 1 aliphatic carbocycles. The molecule has 1 aliphatic rings. The number of phenols is 1. The standard InChI is InChI=1S/C15H22BrNO2/c1-3-10-8-11(19-2)14(18)12(13(10)16)15(9-17)6-4-5-7-15/h8,18H,3-7,9,17H2,1-2H3. The second-order valence-electron chi connectivity index (χ2n) is 5.32. The third-order valence-electron chi connectivity index (χ3n) is 4.36. The third-order valence-corrected chi connectivity index (χ3v) is 5.27. The van der Waals surface area contributed by atoms with Gasteiger partial charge in [-0.25, -0.2) is 0 Å². The van der Waals surface area contributed by atoms with E-state index < -0.39 is 0 Å². The van der Waals surface area contributed by atoms with E-state index in [4.69, 9.17) is 10.5 Å². The summed E-state index contributed by atoms with van der Waals surface area (Å²) in [5.74, 6) is 0.800. The number of hydrogen-bond donors (Lipinski definition) is 2. The molecule has 0 atom stereocenters. The molecule has 0 unspecified atom stereocenters. The Bertz CT molecular complexity index is 439. The van der Waals surface area contributed by atoms with Gasteiger partial charge in [0.05, 0.1) is 7.11 Å². The van der Waals surface area contributed by atoms with Crippen molar-refractivity contribution >= 4 is 15.9 Å². The largest absolute Gasteiger partial charge is 0.504 e. The SMILES string of the molecule is CCc1cc(OC)c(O)c(C2(CN)CCCC2)c1Br. The lowest BCUT2D eigenvalue weighted by Gasteiger charge is -2.31. The van der Waals surface area contributed by atoms with E-state index in [9.17, 15) is 5.11 Å². The van der Waals surface area contributed by atoms with Crippen molar-refractivity contribution in [3.05, 3.63) is 21.7 Å². The van der Waals surface area contributed by atoms with Crippen LogP contribution in [0.15, 0.2) is 10.5 Å². The average Bonchev–Trinajstić information content (AvgIpc) is 2.89. The Morgan fingerprint density at radius 2 is 2.05 bits per heavy atom. The van der Waals surface area contributed by atoms with Crippen LogP contribution >= 0.6 is 15.9 Å². The van der Waals surface area contributed by atoms with Crippen molar-refractivity contribution < 1.29 is 9.84 Å². The van der Waals surface area contributed by atoms with Crippen LogP contribution in [-0.4, -0.2) is 18.8 Å². The molecule has 1 saturated carbocycles. The summed E-state index contributed by atoms with van der Waals surface area (Å²) in [5.41, 5.74) is 8.04. The molecule has 0 spiro atoms. The number of benzene rings is 1. The number of methoxy groups -OCH3 is 1. The van der Waals surface area contributed by atoms with Crippen molar-refractivity contribution in [1.29, 1.82) is 0 Å². The van der Waals surface area contributed by atoms with Crippen molar-refractivity contribution in [2.75, 3.05) is 13.7 Å². The van der Waals surface area contributed by atoms with E-state index in [1.54, 1.807) is 7.11 Å². The summed E-state index contributed by atoms with van der Waals surface area (Å²) >= 11 is 3.67. The smallest absolute Gasteiger partial charge is 0.162 e. The first-order valence-electron chi connectivity index (χ1n) is 6.88. The van der Waals surface area contributed by atoms with Crippen molar-refractivity contribution in [1.82, 2.24) is 0 Å². The van der Waals surface area contributed by atoms with Gasteiger partial charge in [0.1, 0.15) is 0 Å². The molecule has 4 heteroatoms. The van der Waals surface area contributed by atoms with Crippen LogP contribution in [-0.2, 0) is 11.8 Å². The van der Waals surface area contributed by atoms with Crippen LogP contribution in [0.2, 0.25) is 0 Å². The molecule has 2 rings (SSSR count). The van der Waals surface area contributed by atoms with Crippen LogP contribution in [0.5, 0.6) is 11.5 Å². The van der Waals surface area contributed by atoms with Gasteiger partial charge in [-0.05, 0) is 30.9 Å². The van der Waals surface area contributed by atoms with Crippen LogP contribution < -0.4 is 10.5 Å². The van der Waals surface area contributed by atoms with Crippen molar-refractivity contribution in [3.63, 3.8) is 0 Å². The summed E-state index contributed by atoms with van der Waals surface area (Å²) in [7, 11) is 1.59. The first-order valence-corrected chi connectivity index (χ1v) is 7.67. The number of hydrogen-bond acceptors (Lipinski definition) is 3. The van der Waals surface area contributed by atoms with E-state index in [0.717, 1.165) is 34.9 Å². The van der Waals surface area contributed by atoms with E-state index in [1.807, 2.05) is 6.07 Å². The zero-order chi connectivity index (χ0) is 14.0. The van der Waals surface area contributed by atoms with Crippen molar-refractivity contribution in [2.24, 2.45) is 5.73 Å². The summed E-state index contributed by atoms with van der Waals surface area (Å²) < 4.78 is 6.32.